The van der Waals surface area contributed by atoms with Crippen molar-refractivity contribution in [2.45, 2.75) is 19.8 Å². The van der Waals surface area contributed by atoms with Crippen molar-refractivity contribution >= 4 is 22.2 Å². The highest BCUT2D eigenvalue weighted by Crippen LogP contribution is 2.33. The predicted molar refractivity (Wildman–Crippen MR) is 91.6 cm³/mol. The zero-order valence-corrected chi connectivity index (χ0v) is 14.5. The topological polar surface area (TPSA) is 35.5 Å². The van der Waals surface area contributed by atoms with Crippen molar-refractivity contribution in [3.8, 4) is 17.2 Å². The number of alkyl halides is 1. The lowest BCUT2D eigenvalue weighted by Gasteiger charge is -2.16. The third kappa shape index (κ3) is 3.69. The molecule has 0 amide bonds. The van der Waals surface area contributed by atoms with E-state index < -0.39 is 0 Å². The summed E-state index contributed by atoms with van der Waals surface area (Å²) in [6.45, 7) is 3.98. The van der Waals surface area contributed by atoms with E-state index in [-0.39, 0.29) is 5.92 Å². The lowest BCUT2D eigenvalue weighted by molar-refractivity contribution is -0.108. The van der Waals surface area contributed by atoms with Crippen LogP contribution in [0.1, 0.15) is 22.6 Å². The largest absolute Gasteiger partial charge is 0.497 e. The first-order chi connectivity index (χ1) is 10.6. The molecule has 2 aromatic carbocycles. The molecule has 0 N–H and O–H groups in total. The van der Waals surface area contributed by atoms with Crippen molar-refractivity contribution in [3.05, 3.63) is 53.1 Å². The molecule has 0 aliphatic carbocycles. The number of benzene rings is 2. The molecule has 0 spiro atoms. The minimum Gasteiger partial charge on any atom is -0.497 e. The maximum atomic E-state index is 11.1. The fraction of sp³-hybridized carbons (Fsp3) is 0.278. The van der Waals surface area contributed by atoms with Crippen LogP contribution in [-0.4, -0.2) is 18.7 Å². The van der Waals surface area contributed by atoms with E-state index in [1.54, 1.807) is 7.11 Å². The lowest BCUT2D eigenvalue weighted by atomic mass is 9.97. The summed E-state index contributed by atoms with van der Waals surface area (Å²) in [6, 6.07) is 11.5. The minimum absolute atomic E-state index is 0.136. The highest BCUT2D eigenvalue weighted by atomic mass is 79.9. The fourth-order valence-corrected chi connectivity index (χ4v) is 2.87. The van der Waals surface area contributed by atoms with Gasteiger partial charge in [0.1, 0.15) is 23.5 Å². The SMILES string of the molecule is COc1cccc(Oc2c(C)cc(C(C=O)CBr)cc2C)c1. The third-order valence-corrected chi connectivity index (χ3v) is 4.20. The molecule has 1 atom stereocenters. The molecule has 3 nitrogen and oxygen atoms in total. The zero-order chi connectivity index (χ0) is 16.1. The second-order valence-electron chi connectivity index (χ2n) is 5.16. The van der Waals surface area contributed by atoms with Crippen molar-refractivity contribution in [2.75, 3.05) is 12.4 Å². The van der Waals surface area contributed by atoms with Crippen LogP contribution in [0.5, 0.6) is 17.2 Å². The number of rotatable bonds is 6. The third-order valence-electron chi connectivity index (χ3n) is 3.50. The van der Waals surface area contributed by atoms with Crippen LogP contribution in [0, 0.1) is 13.8 Å². The second-order valence-corrected chi connectivity index (χ2v) is 5.81. The molecular weight excluding hydrogens is 344 g/mol. The molecule has 0 saturated heterocycles. The summed E-state index contributed by atoms with van der Waals surface area (Å²) in [4.78, 5) is 11.1. The van der Waals surface area contributed by atoms with Gasteiger partial charge in [0.05, 0.1) is 7.11 Å². The van der Waals surface area contributed by atoms with E-state index in [0.29, 0.717) is 5.33 Å². The highest BCUT2D eigenvalue weighted by molar-refractivity contribution is 9.09. The van der Waals surface area contributed by atoms with E-state index in [4.69, 9.17) is 9.47 Å². The Balaban J connectivity index is 2.33. The van der Waals surface area contributed by atoms with Crippen LogP contribution in [0.4, 0.5) is 0 Å². The average molecular weight is 363 g/mol. The molecule has 0 aromatic heterocycles. The number of methoxy groups -OCH3 is 1. The maximum Gasteiger partial charge on any atom is 0.133 e. The average Bonchev–Trinajstić information content (AvgIpc) is 2.52. The smallest absolute Gasteiger partial charge is 0.133 e. The number of carbonyl (C=O) groups is 1. The normalized spacial score (nSPS) is 11.8. The molecule has 116 valence electrons. The van der Waals surface area contributed by atoms with Gasteiger partial charge in [0.15, 0.2) is 0 Å². The molecule has 2 aromatic rings. The monoisotopic (exact) mass is 362 g/mol. The number of halogens is 1. The number of hydrogen-bond donors (Lipinski definition) is 0. The minimum atomic E-state index is -0.136. The van der Waals surface area contributed by atoms with E-state index in [1.807, 2.05) is 50.2 Å². The molecule has 0 fully saturated rings. The summed E-state index contributed by atoms with van der Waals surface area (Å²) in [5, 5.41) is 0.617. The molecule has 2 rings (SSSR count). The Morgan fingerprint density at radius 1 is 1.14 bits per heavy atom. The van der Waals surface area contributed by atoms with Crippen LogP contribution in [0.2, 0.25) is 0 Å². The van der Waals surface area contributed by atoms with Crippen LogP contribution in [0.3, 0.4) is 0 Å². The van der Waals surface area contributed by atoms with Gasteiger partial charge in [-0.1, -0.05) is 34.1 Å². The van der Waals surface area contributed by atoms with Crippen molar-refractivity contribution in [2.24, 2.45) is 0 Å². The quantitative estimate of drug-likeness (QED) is 0.547. The Morgan fingerprint density at radius 2 is 1.77 bits per heavy atom. The van der Waals surface area contributed by atoms with Gasteiger partial charge >= 0.3 is 0 Å². The Labute approximate surface area is 139 Å². The second kappa shape index (κ2) is 7.45. The summed E-state index contributed by atoms with van der Waals surface area (Å²) in [5.74, 6) is 2.16. The van der Waals surface area contributed by atoms with E-state index in [9.17, 15) is 4.79 Å². The summed E-state index contributed by atoms with van der Waals surface area (Å²) in [5.41, 5.74) is 3.01. The van der Waals surface area contributed by atoms with E-state index in [2.05, 4.69) is 15.9 Å². The van der Waals surface area contributed by atoms with E-state index in [1.165, 1.54) is 0 Å². The Kier molecular flexibility index (Phi) is 5.61. The highest BCUT2D eigenvalue weighted by Gasteiger charge is 2.14. The van der Waals surface area contributed by atoms with Gasteiger partial charge in [0, 0.05) is 17.3 Å². The van der Waals surface area contributed by atoms with E-state index >= 15 is 0 Å². The van der Waals surface area contributed by atoms with Crippen LogP contribution in [0.25, 0.3) is 0 Å². The van der Waals surface area contributed by atoms with Crippen molar-refractivity contribution in [1.82, 2.24) is 0 Å². The first-order valence-corrected chi connectivity index (χ1v) is 8.15. The molecule has 0 aliphatic heterocycles. The molecule has 0 aliphatic rings. The number of ether oxygens (including phenoxy) is 2. The van der Waals surface area contributed by atoms with Gasteiger partial charge in [-0.05, 0) is 42.7 Å². The molecule has 0 saturated carbocycles. The first-order valence-electron chi connectivity index (χ1n) is 7.03. The standard InChI is InChI=1S/C18H19BrO3/c1-12-7-14(15(10-19)11-20)8-13(2)18(12)22-17-6-4-5-16(9-17)21-3/h4-9,11,15H,10H2,1-3H3. The molecule has 0 heterocycles. The van der Waals surface area contributed by atoms with Gasteiger partial charge in [-0.3, -0.25) is 0 Å². The van der Waals surface area contributed by atoms with Gasteiger partial charge in [0.2, 0.25) is 0 Å². The predicted octanol–water partition coefficient (Wildman–Crippen LogP) is 4.78. The zero-order valence-electron chi connectivity index (χ0n) is 12.9. The lowest BCUT2D eigenvalue weighted by Crippen LogP contribution is -2.03. The van der Waals surface area contributed by atoms with Gasteiger partial charge in [-0.2, -0.15) is 0 Å². The van der Waals surface area contributed by atoms with Crippen LogP contribution >= 0.6 is 15.9 Å². The maximum absolute atomic E-state index is 11.1. The van der Waals surface area contributed by atoms with Gasteiger partial charge in [0.25, 0.3) is 0 Å². The van der Waals surface area contributed by atoms with E-state index in [0.717, 1.165) is 40.2 Å². The summed E-state index contributed by atoms with van der Waals surface area (Å²) in [6.07, 6.45) is 0.964. The van der Waals surface area contributed by atoms with Gasteiger partial charge < -0.3 is 14.3 Å². The van der Waals surface area contributed by atoms with Crippen molar-refractivity contribution < 1.29 is 14.3 Å². The molecule has 22 heavy (non-hydrogen) atoms. The summed E-state index contributed by atoms with van der Waals surface area (Å²) < 4.78 is 11.2. The van der Waals surface area contributed by atoms with Crippen LogP contribution in [-0.2, 0) is 4.79 Å². The molecule has 4 heteroatoms. The van der Waals surface area contributed by atoms with Crippen molar-refractivity contribution in [1.29, 1.82) is 0 Å². The van der Waals surface area contributed by atoms with Gasteiger partial charge in [-0.25, -0.2) is 0 Å². The number of aldehydes is 1. The summed E-state index contributed by atoms with van der Waals surface area (Å²) >= 11 is 3.37. The molecule has 0 bridgehead atoms. The molecule has 0 radical (unpaired) electrons. The Bertz CT molecular complexity index is 644. The molecule has 1 unspecified atom stereocenters. The fourth-order valence-electron chi connectivity index (χ4n) is 2.35. The molecular formula is C18H19BrO3. The van der Waals surface area contributed by atoms with Gasteiger partial charge in [-0.15, -0.1) is 0 Å². The number of aryl methyl sites for hydroxylation is 2. The first kappa shape index (κ1) is 16.6. The Hall–Kier alpha value is -1.81. The van der Waals surface area contributed by atoms with Crippen LogP contribution in [0.15, 0.2) is 36.4 Å². The number of carbonyl (C=O) groups excluding carboxylic acids is 1. The summed E-state index contributed by atoms with van der Waals surface area (Å²) in [7, 11) is 1.63. The van der Waals surface area contributed by atoms with Crippen molar-refractivity contribution in [3.63, 3.8) is 0 Å². The number of hydrogen-bond acceptors (Lipinski definition) is 3. The Morgan fingerprint density at radius 3 is 2.32 bits per heavy atom. The van der Waals surface area contributed by atoms with Crippen LogP contribution < -0.4 is 9.47 Å².